The second kappa shape index (κ2) is 7.07. The van der Waals surface area contributed by atoms with Crippen LogP contribution in [0.1, 0.15) is 18.1 Å². The summed E-state index contributed by atoms with van der Waals surface area (Å²) in [4.78, 5) is 10.1. The first-order valence-corrected chi connectivity index (χ1v) is 3.89. The molecule has 0 aliphatic heterocycles. The van der Waals surface area contributed by atoms with Gasteiger partial charge in [0.15, 0.2) is 0 Å². The van der Waals surface area contributed by atoms with Gasteiger partial charge >= 0.3 is 0 Å². The van der Waals surface area contributed by atoms with E-state index in [1.54, 1.807) is 19.1 Å². The zero-order valence-electron chi connectivity index (χ0n) is 8.78. The van der Waals surface area contributed by atoms with E-state index in [-0.39, 0.29) is 50.7 Å². The van der Waals surface area contributed by atoms with E-state index in [0.29, 0.717) is 0 Å². The molecule has 0 amide bonds. The van der Waals surface area contributed by atoms with Crippen LogP contribution in [0.15, 0.2) is 18.2 Å². The van der Waals surface area contributed by atoms with E-state index >= 15 is 0 Å². The average molecular weight is 269 g/mol. The number of rotatable bonds is 2. The molecule has 0 saturated heterocycles. The summed E-state index contributed by atoms with van der Waals surface area (Å²) in [6, 6.07) is 5.22. The minimum absolute atomic E-state index is 0. The third-order valence-electron chi connectivity index (χ3n) is 1.87. The minimum Gasteiger partial charge on any atom is -0.358 e. The Labute approximate surface area is 110 Å². The molecule has 1 rings (SSSR count). The summed E-state index contributed by atoms with van der Waals surface area (Å²) in [5.41, 5.74) is 2.07. The van der Waals surface area contributed by atoms with Gasteiger partial charge in [-0.05, 0) is 25.0 Å². The number of hydrogen-bond acceptors (Lipinski definition) is 2. The summed E-state index contributed by atoms with van der Waals surface area (Å²) in [6.45, 7) is 3.79. The third-order valence-corrected chi connectivity index (χ3v) is 1.87. The van der Waals surface area contributed by atoms with Gasteiger partial charge in [-0.3, -0.25) is 10.1 Å². The van der Waals surface area contributed by atoms with Crippen LogP contribution in [0, 0.1) is 24.5 Å². The molecular weight excluding hydrogens is 255 g/mol. The number of nitro benzene ring substituents is 1. The van der Waals surface area contributed by atoms with E-state index < -0.39 is 0 Å². The second-order valence-corrected chi connectivity index (χ2v) is 2.73. The standard InChI is InChI=1S/C9H11NO2.CH3.Y/c1-3-8-4-5-9(10(11)12)7(2)6-8;;/h4-6H,3H2,1-2H3;1H3;/q;-1;. The average Bonchev–Trinajstić information content (AvgIpc) is 2.03. The van der Waals surface area contributed by atoms with E-state index in [0.717, 1.165) is 17.5 Å². The molecule has 1 aromatic carbocycles. The van der Waals surface area contributed by atoms with Crippen molar-refractivity contribution in [3.8, 4) is 0 Å². The van der Waals surface area contributed by atoms with Crippen LogP contribution in [0.3, 0.4) is 0 Å². The fourth-order valence-corrected chi connectivity index (χ4v) is 1.14. The summed E-state index contributed by atoms with van der Waals surface area (Å²) in [6.07, 6.45) is 0.916. The first-order chi connectivity index (χ1) is 5.65. The van der Waals surface area contributed by atoms with Gasteiger partial charge in [0.1, 0.15) is 0 Å². The normalized spacial score (nSPS) is 8.43. The summed E-state index contributed by atoms with van der Waals surface area (Å²) in [5.74, 6) is 0. The Hall–Kier alpha value is -0.276. The Morgan fingerprint density at radius 3 is 2.36 bits per heavy atom. The molecule has 1 radical (unpaired) electrons. The van der Waals surface area contributed by atoms with Gasteiger partial charge in [-0.15, -0.1) is 0 Å². The van der Waals surface area contributed by atoms with Gasteiger partial charge in [-0.1, -0.05) is 13.0 Å². The Morgan fingerprint density at radius 2 is 2.00 bits per heavy atom. The summed E-state index contributed by atoms with van der Waals surface area (Å²) in [5, 5.41) is 10.4. The van der Waals surface area contributed by atoms with Crippen molar-refractivity contribution in [3.05, 3.63) is 46.9 Å². The van der Waals surface area contributed by atoms with Crippen molar-refractivity contribution >= 4 is 5.69 Å². The van der Waals surface area contributed by atoms with Crippen LogP contribution in [0.25, 0.3) is 0 Å². The largest absolute Gasteiger partial charge is 0.358 e. The monoisotopic (exact) mass is 269 g/mol. The van der Waals surface area contributed by atoms with Crippen LogP contribution >= 0.6 is 0 Å². The Balaban J connectivity index is 0. The summed E-state index contributed by atoms with van der Waals surface area (Å²) >= 11 is 0. The van der Waals surface area contributed by atoms with Gasteiger partial charge in [0.2, 0.25) is 0 Å². The SMILES string of the molecule is CCc1ccc([N+](=O)[O-])c(C)c1.[CH3-].[Y]. The van der Waals surface area contributed by atoms with Crippen LogP contribution < -0.4 is 0 Å². The van der Waals surface area contributed by atoms with Gasteiger partial charge in [0.25, 0.3) is 5.69 Å². The second-order valence-electron chi connectivity index (χ2n) is 2.73. The predicted molar refractivity (Wildman–Crippen MR) is 53.6 cm³/mol. The van der Waals surface area contributed by atoms with Crippen molar-refractivity contribution < 1.29 is 37.6 Å². The van der Waals surface area contributed by atoms with Gasteiger partial charge < -0.3 is 7.43 Å². The first kappa shape index (κ1) is 16.2. The topological polar surface area (TPSA) is 43.1 Å². The molecule has 4 heteroatoms. The van der Waals surface area contributed by atoms with Gasteiger partial charge in [-0.25, -0.2) is 0 Å². The van der Waals surface area contributed by atoms with E-state index in [1.807, 2.05) is 13.0 Å². The van der Waals surface area contributed by atoms with Gasteiger partial charge in [0, 0.05) is 44.3 Å². The van der Waals surface area contributed by atoms with Crippen LogP contribution in [-0.2, 0) is 39.1 Å². The molecule has 0 spiro atoms. The molecule has 0 saturated carbocycles. The van der Waals surface area contributed by atoms with Crippen molar-refractivity contribution in [1.29, 1.82) is 0 Å². The molecule has 1 aromatic rings. The summed E-state index contributed by atoms with van der Waals surface area (Å²) in [7, 11) is 0. The maximum Gasteiger partial charge on any atom is 0.272 e. The number of aryl methyl sites for hydroxylation is 2. The quantitative estimate of drug-likeness (QED) is 0.470. The molecule has 0 heterocycles. The van der Waals surface area contributed by atoms with E-state index in [9.17, 15) is 10.1 Å². The smallest absolute Gasteiger partial charge is 0.272 e. The molecule has 0 aliphatic rings. The fraction of sp³-hybridized carbons (Fsp3) is 0.300. The predicted octanol–water partition coefficient (Wildman–Crippen LogP) is 2.91. The zero-order chi connectivity index (χ0) is 9.14. The van der Waals surface area contributed by atoms with E-state index in [4.69, 9.17) is 0 Å². The number of hydrogen-bond donors (Lipinski definition) is 0. The van der Waals surface area contributed by atoms with Crippen LogP contribution in [0.5, 0.6) is 0 Å². The van der Waals surface area contributed by atoms with Gasteiger partial charge in [0.05, 0.1) is 4.92 Å². The molecule has 0 bridgehead atoms. The van der Waals surface area contributed by atoms with Crippen molar-refractivity contribution in [1.82, 2.24) is 0 Å². The Kier molecular flexibility index (Phi) is 8.17. The summed E-state index contributed by atoms with van der Waals surface area (Å²) < 4.78 is 0. The van der Waals surface area contributed by atoms with Crippen LogP contribution in [-0.4, -0.2) is 4.92 Å². The van der Waals surface area contributed by atoms with Crippen LogP contribution in [0.4, 0.5) is 5.69 Å². The Bertz CT molecular complexity index is 313. The maximum absolute atomic E-state index is 10.4. The molecule has 0 atom stereocenters. The molecule has 3 nitrogen and oxygen atoms in total. The van der Waals surface area contributed by atoms with E-state index in [2.05, 4.69) is 0 Å². The molecule has 0 aliphatic carbocycles. The van der Waals surface area contributed by atoms with Crippen molar-refractivity contribution in [2.75, 3.05) is 0 Å². The fourth-order valence-electron chi connectivity index (χ4n) is 1.14. The molecule has 0 N–H and O–H groups in total. The van der Waals surface area contributed by atoms with Crippen molar-refractivity contribution in [2.24, 2.45) is 0 Å². The van der Waals surface area contributed by atoms with E-state index in [1.165, 1.54) is 0 Å². The molecule has 75 valence electrons. The molecule has 14 heavy (non-hydrogen) atoms. The first-order valence-electron chi connectivity index (χ1n) is 3.89. The third kappa shape index (κ3) is 3.85. The van der Waals surface area contributed by atoms with Gasteiger partial charge in [-0.2, -0.15) is 0 Å². The molecular formula is C10H14NO2Y-. The number of nitrogens with zero attached hydrogens (tertiary/aromatic N) is 1. The Morgan fingerprint density at radius 1 is 1.43 bits per heavy atom. The molecule has 0 fully saturated rings. The number of nitro groups is 1. The minimum atomic E-state index is -0.352. The van der Waals surface area contributed by atoms with Crippen molar-refractivity contribution in [2.45, 2.75) is 20.3 Å². The van der Waals surface area contributed by atoms with Crippen LogP contribution in [0.2, 0.25) is 0 Å². The number of benzene rings is 1. The molecule has 0 unspecified atom stereocenters. The zero-order valence-corrected chi connectivity index (χ0v) is 11.6. The molecule has 0 aromatic heterocycles. The maximum atomic E-state index is 10.4. The van der Waals surface area contributed by atoms with Crippen molar-refractivity contribution in [3.63, 3.8) is 0 Å².